The van der Waals surface area contributed by atoms with Gasteiger partial charge in [0.25, 0.3) is 0 Å². The van der Waals surface area contributed by atoms with Crippen LogP contribution in [0.4, 0.5) is 4.39 Å². The van der Waals surface area contributed by atoms with Crippen LogP contribution in [-0.2, 0) is 11.3 Å². The lowest BCUT2D eigenvalue weighted by molar-refractivity contribution is 0.0867. The first-order valence-electron chi connectivity index (χ1n) is 8.47. The molecule has 3 aliphatic heterocycles. The second-order valence-electron chi connectivity index (χ2n) is 6.74. The Hall–Kier alpha value is -1.17. The first-order valence-corrected chi connectivity index (χ1v) is 8.47. The zero-order valence-electron chi connectivity index (χ0n) is 14.1. The maximum absolute atomic E-state index is 13.6. The molecule has 2 atom stereocenters. The van der Waals surface area contributed by atoms with Gasteiger partial charge in [-0.2, -0.15) is 0 Å². The van der Waals surface area contributed by atoms with E-state index in [9.17, 15) is 4.39 Å². The normalized spacial score (nSPS) is 25.5. The Labute approximate surface area is 138 Å². The fourth-order valence-electron chi connectivity index (χ4n) is 4.00. The van der Waals surface area contributed by atoms with E-state index >= 15 is 0 Å². The standard InChI is InChI=1S/C18H27FN2O2/c1-22-8-7-21-11-14-3-5-17(21)13-20(10-14)12-15-9-16(19)4-6-18(15)23-2/h4,6,9,14,17H,3,5,7-8,10-13H2,1-2H3/t14-,17+/m0/s1. The summed E-state index contributed by atoms with van der Waals surface area (Å²) in [6.07, 6.45) is 2.55. The highest BCUT2D eigenvalue weighted by Crippen LogP contribution is 2.30. The molecule has 0 amide bonds. The minimum atomic E-state index is -0.194. The zero-order chi connectivity index (χ0) is 16.2. The fraction of sp³-hybridized carbons (Fsp3) is 0.667. The van der Waals surface area contributed by atoms with Crippen LogP contribution in [0.25, 0.3) is 0 Å². The zero-order valence-corrected chi connectivity index (χ0v) is 14.1. The van der Waals surface area contributed by atoms with Crippen molar-refractivity contribution >= 4 is 0 Å². The van der Waals surface area contributed by atoms with Crippen LogP contribution >= 0.6 is 0 Å². The topological polar surface area (TPSA) is 24.9 Å². The van der Waals surface area contributed by atoms with E-state index in [0.29, 0.717) is 12.0 Å². The molecule has 0 unspecified atom stereocenters. The average molecular weight is 322 g/mol. The number of rotatable bonds is 6. The van der Waals surface area contributed by atoms with Crippen molar-refractivity contribution in [3.8, 4) is 5.75 Å². The van der Waals surface area contributed by atoms with Crippen LogP contribution in [0.1, 0.15) is 18.4 Å². The predicted molar refractivity (Wildman–Crippen MR) is 88.2 cm³/mol. The Bertz CT molecular complexity index is 526. The number of methoxy groups -OCH3 is 2. The molecule has 23 heavy (non-hydrogen) atoms. The molecule has 3 saturated heterocycles. The van der Waals surface area contributed by atoms with Crippen LogP contribution in [-0.4, -0.2) is 62.8 Å². The van der Waals surface area contributed by atoms with Crippen molar-refractivity contribution in [3.05, 3.63) is 29.6 Å². The molecule has 5 heteroatoms. The summed E-state index contributed by atoms with van der Waals surface area (Å²) < 4.78 is 24.2. The van der Waals surface area contributed by atoms with Gasteiger partial charge in [0.15, 0.2) is 0 Å². The van der Waals surface area contributed by atoms with Crippen molar-refractivity contribution in [2.75, 3.05) is 47.0 Å². The minimum Gasteiger partial charge on any atom is -0.496 e. The van der Waals surface area contributed by atoms with Crippen molar-refractivity contribution in [2.24, 2.45) is 5.92 Å². The number of fused-ring (bicyclic) bond motifs is 4. The van der Waals surface area contributed by atoms with Gasteiger partial charge in [-0.15, -0.1) is 0 Å². The summed E-state index contributed by atoms with van der Waals surface area (Å²) in [6.45, 7) is 5.84. The average Bonchev–Trinajstić information content (AvgIpc) is 2.83. The number of halogens is 1. The molecule has 128 valence electrons. The van der Waals surface area contributed by atoms with Crippen LogP contribution in [0, 0.1) is 11.7 Å². The molecule has 3 fully saturated rings. The second-order valence-corrected chi connectivity index (χ2v) is 6.74. The molecular weight excluding hydrogens is 295 g/mol. The highest BCUT2D eigenvalue weighted by Gasteiger charge is 2.34. The summed E-state index contributed by atoms with van der Waals surface area (Å²) in [5.41, 5.74) is 0.942. The first kappa shape index (κ1) is 16.7. The highest BCUT2D eigenvalue weighted by atomic mass is 19.1. The van der Waals surface area contributed by atoms with E-state index in [0.717, 1.165) is 50.6 Å². The Morgan fingerprint density at radius 2 is 2.04 bits per heavy atom. The van der Waals surface area contributed by atoms with Crippen molar-refractivity contribution in [1.29, 1.82) is 0 Å². The van der Waals surface area contributed by atoms with Crippen molar-refractivity contribution in [1.82, 2.24) is 9.80 Å². The third-order valence-electron chi connectivity index (χ3n) is 5.12. The largest absolute Gasteiger partial charge is 0.496 e. The molecule has 0 N–H and O–H groups in total. The van der Waals surface area contributed by atoms with E-state index in [1.54, 1.807) is 26.4 Å². The van der Waals surface area contributed by atoms with Gasteiger partial charge in [0.1, 0.15) is 11.6 Å². The van der Waals surface area contributed by atoms with Gasteiger partial charge in [0.2, 0.25) is 0 Å². The molecule has 0 spiro atoms. The molecule has 0 aromatic heterocycles. The number of benzene rings is 1. The van der Waals surface area contributed by atoms with E-state index in [1.807, 2.05) is 0 Å². The Balaban J connectivity index is 1.69. The molecular formula is C18H27FN2O2. The van der Waals surface area contributed by atoms with Gasteiger partial charge < -0.3 is 9.47 Å². The SMILES string of the molecule is COCCN1C[C@H]2CC[C@@H]1CN(Cc1cc(F)ccc1OC)C2. The number of hydrogen-bond donors (Lipinski definition) is 0. The molecule has 1 aromatic carbocycles. The van der Waals surface area contributed by atoms with Crippen molar-refractivity contribution < 1.29 is 13.9 Å². The third kappa shape index (κ3) is 4.03. The lowest BCUT2D eigenvalue weighted by Gasteiger charge is -2.35. The molecule has 1 aromatic rings. The van der Waals surface area contributed by atoms with Crippen LogP contribution in [0.2, 0.25) is 0 Å². The molecule has 4 nitrogen and oxygen atoms in total. The van der Waals surface area contributed by atoms with Crippen molar-refractivity contribution in [2.45, 2.75) is 25.4 Å². The smallest absolute Gasteiger partial charge is 0.123 e. The second kappa shape index (κ2) is 7.60. The highest BCUT2D eigenvalue weighted by molar-refractivity contribution is 5.33. The number of nitrogens with zero attached hydrogens (tertiary/aromatic N) is 2. The number of ether oxygens (including phenoxy) is 2. The van der Waals surface area contributed by atoms with Gasteiger partial charge >= 0.3 is 0 Å². The lowest BCUT2D eigenvalue weighted by Crippen LogP contribution is -2.45. The third-order valence-corrected chi connectivity index (χ3v) is 5.12. The van der Waals surface area contributed by atoms with Crippen LogP contribution < -0.4 is 4.74 Å². The summed E-state index contributed by atoms with van der Waals surface area (Å²) in [5, 5.41) is 0. The Morgan fingerprint density at radius 1 is 1.17 bits per heavy atom. The van der Waals surface area contributed by atoms with Gasteiger partial charge in [-0.05, 0) is 37.0 Å². The van der Waals surface area contributed by atoms with E-state index in [1.165, 1.54) is 18.9 Å². The molecule has 0 aliphatic carbocycles. The van der Waals surface area contributed by atoms with E-state index in [4.69, 9.17) is 9.47 Å². The maximum Gasteiger partial charge on any atom is 0.123 e. The van der Waals surface area contributed by atoms with E-state index < -0.39 is 0 Å². The monoisotopic (exact) mass is 322 g/mol. The van der Waals surface area contributed by atoms with Crippen molar-refractivity contribution in [3.63, 3.8) is 0 Å². The molecule has 3 heterocycles. The summed E-state index contributed by atoms with van der Waals surface area (Å²) >= 11 is 0. The predicted octanol–water partition coefficient (Wildman–Crippen LogP) is 2.38. The Morgan fingerprint density at radius 3 is 2.83 bits per heavy atom. The van der Waals surface area contributed by atoms with Crippen LogP contribution in [0.5, 0.6) is 5.75 Å². The molecule has 0 saturated carbocycles. The van der Waals surface area contributed by atoms with Gasteiger partial charge in [-0.1, -0.05) is 0 Å². The van der Waals surface area contributed by atoms with Gasteiger partial charge in [-0.25, -0.2) is 4.39 Å². The fourth-order valence-corrected chi connectivity index (χ4v) is 4.00. The number of hydrogen-bond acceptors (Lipinski definition) is 4. The molecule has 3 aliphatic rings. The van der Waals surface area contributed by atoms with Crippen LogP contribution in [0.15, 0.2) is 18.2 Å². The number of piperidine rings is 1. The molecule has 2 bridgehead atoms. The van der Waals surface area contributed by atoms with Gasteiger partial charge in [0.05, 0.1) is 13.7 Å². The quantitative estimate of drug-likeness (QED) is 0.803. The summed E-state index contributed by atoms with van der Waals surface area (Å²) in [5.74, 6) is 1.28. The van der Waals surface area contributed by atoms with Crippen LogP contribution in [0.3, 0.4) is 0 Å². The Kier molecular flexibility index (Phi) is 5.51. The van der Waals surface area contributed by atoms with Gasteiger partial charge in [-0.3, -0.25) is 9.80 Å². The first-order chi connectivity index (χ1) is 11.2. The molecule has 4 rings (SSSR count). The summed E-state index contributed by atoms with van der Waals surface area (Å²) in [6, 6.07) is 5.38. The lowest BCUT2D eigenvalue weighted by atomic mass is 9.95. The summed E-state index contributed by atoms with van der Waals surface area (Å²) in [7, 11) is 3.41. The van der Waals surface area contributed by atoms with Gasteiger partial charge in [0, 0.05) is 51.4 Å². The maximum atomic E-state index is 13.6. The van der Waals surface area contributed by atoms with E-state index in [2.05, 4.69) is 9.80 Å². The minimum absolute atomic E-state index is 0.194. The summed E-state index contributed by atoms with van der Waals surface area (Å²) in [4.78, 5) is 5.03. The molecule has 0 radical (unpaired) electrons. The van der Waals surface area contributed by atoms with E-state index in [-0.39, 0.29) is 5.82 Å².